The van der Waals surface area contributed by atoms with E-state index < -0.39 is 0 Å². The molecule has 2 aromatic rings. The fraction of sp³-hybridized carbons (Fsp3) is 0.294. The molecule has 1 unspecified atom stereocenters. The molecule has 0 radical (unpaired) electrons. The van der Waals surface area contributed by atoms with E-state index in [9.17, 15) is 0 Å². The lowest BCUT2D eigenvalue weighted by molar-refractivity contribution is 0.253. The Kier molecular flexibility index (Phi) is 4.81. The topological polar surface area (TPSA) is 29.3 Å². The van der Waals surface area contributed by atoms with Crippen LogP contribution in [0.1, 0.15) is 18.1 Å². The third-order valence-electron chi connectivity index (χ3n) is 3.43. The second-order valence-electron chi connectivity index (χ2n) is 5.55. The van der Waals surface area contributed by atoms with E-state index in [1.54, 1.807) is 0 Å². The number of hydrogen-bond acceptors (Lipinski definition) is 2. The van der Waals surface area contributed by atoms with Gasteiger partial charge in [0.25, 0.3) is 0 Å². The predicted octanol–water partition coefficient (Wildman–Crippen LogP) is 3.65. The van der Waals surface area contributed by atoms with Gasteiger partial charge in [-0.25, -0.2) is 0 Å². The first-order chi connectivity index (χ1) is 9.49. The van der Waals surface area contributed by atoms with Gasteiger partial charge in [-0.1, -0.05) is 60.1 Å². The second kappa shape index (κ2) is 6.40. The summed E-state index contributed by atoms with van der Waals surface area (Å²) < 4.78 is 0. The first-order valence-corrected chi connectivity index (χ1v) is 7.13. The van der Waals surface area contributed by atoms with E-state index in [1.807, 2.05) is 36.4 Å². The lowest BCUT2D eigenvalue weighted by Crippen LogP contribution is -2.43. The van der Waals surface area contributed by atoms with Crippen LogP contribution in [-0.2, 0) is 12.1 Å². The zero-order valence-electron chi connectivity index (χ0n) is 12.0. The maximum absolute atomic E-state index is 6.46. The van der Waals surface area contributed by atoms with Crippen molar-refractivity contribution in [3.05, 3.63) is 70.7 Å². The zero-order valence-corrected chi connectivity index (χ0v) is 12.8. The highest BCUT2D eigenvalue weighted by molar-refractivity contribution is 6.31. The summed E-state index contributed by atoms with van der Waals surface area (Å²) in [5, 5.41) is 0.804. The fourth-order valence-corrected chi connectivity index (χ4v) is 2.64. The first kappa shape index (κ1) is 15.0. The van der Waals surface area contributed by atoms with E-state index in [-0.39, 0.29) is 5.54 Å². The van der Waals surface area contributed by atoms with Crippen LogP contribution in [0.25, 0.3) is 0 Å². The molecular weight excluding hydrogens is 268 g/mol. The fourth-order valence-electron chi connectivity index (χ4n) is 2.44. The highest BCUT2D eigenvalue weighted by atomic mass is 35.5. The maximum atomic E-state index is 6.46. The van der Waals surface area contributed by atoms with E-state index in [2.05, 4.69) is 37.1 Å². The van der Waals surface area contributed by atoms with Gasteiger partial charge in [-0.3, -0.25) is 4.90 Å². The summed E-state index contributed by atoms with van der Waals surface area (Å²) in [7, 11) is 2.07. The Hall–Kier alpha value is -1.35. The predicted molar refractivity (Wildman–Crippen MR) is 85.8 cm³/mol. The van der Waals surface area contributed by atoms with Crippen molar-refractivity contribution < 1.29 is 0 Å². The molecule has 0 heterocycles. The van der Waals surface area contributed by atoms with Crippen LogP contribution in [0.5, 0.6) is 0 Å². The van der Waals surface area contributed by atoms with E-state index in [0.717, 1.165) is 29.2 Å². The molecule has 0 aliphatic carbocycles. The second-order valence-corrected chi connectivity index (χ2v) is 5.95. The van der Waals surface area contributed by atoms with Crippen LogP contribution in [-0.4, -0.2) is 18.5 Å². The van der Waals surface area contributed by atoms with Crippen molar-refractivity contribution in [1.82, 2.24) is 4.90 Å². The van der Waals surface area contributed by atoms with E-state index in [0.29, 0.717) is 0 Å². The van der Waals surface area contributed by atoms with Crippen LogP contribution < -0.4 is 5.73 Å². The summed E-state index contributed by atoms with van der Waals surface area (Å²) in [6.45, 7) is 3.62. The molecule has 0 aliphatic heterocycles. The van der Waals surface area contributed by atoms with Gasteiger partial charge in [0, 0.05) is 18.1 Å². The molecule has 0 bridgehead atoms. The number of benzene rings is 2. The van der Waals surface area contributed by atoms with Gasteiger partial charge >= 0.3 is 0 Å². The molecule has 0 saturated carbocycles. The molecule has 2 rings (SSSR count). The van der Waals surface area contributed by atoms with E-state index in [4.69, 9.17) is 17.3 Å². The largest absolute Gasteiger partial charge is 0.321 e. The number of halogens is 1. The summed E-state index contributed by atoms with van der Waals surface area (Å²) in [5.41, 5.74) is 8.35. The lowest BCUT2D eigenvalue weighted by Gasteiger charge is -2.31. The van der Waals surface area contributed by atoms with Crippen LogP contribution in [0.3, 0.4) is 0 Å². The summed E-state index contributed by atoms with van der Waals surface area (Å²) in [6, 6.07) is 18.1. The molecule has 2 N–H and O–H groups in total. The van der Waals surface area contributed by atoms with Crippen molar-refractivity contribution >= 4 is 11.6 Å². The molecule has 0 fully saturated rings. The number of nitrogens with zero attached hydrogens (tertiary/aromatic N) is 1. The first-order valence-electron chi connectivity index (χ1n) is 6.75. The van der Waals surface area contributed by atoms with Crippen LogP contribution in [0.2, 0.25) is 5.02 Å². The van der Waals surface area contributed by atoms with Gasteiger partial charge in [0.15, 0.2) is 0 Å². The molecule has 20 heavy (non-hydrogen) atoms. The van der Waals surface area contributed by atoms with E-state index in [1.165, 1.54) is 0 Å². The van der Waals surface area contributed by atoms with Gasteiger partial charge in [0.1, 0.15) is 0 Å². The van der Waals surface area contributed by atoms with Gasteiger partial charge in [-0.2, -0.15) is 0 Å². The molecule has 0 aromatic heterocycles. The molecule has 1 atom stereocenters. The summed E-state index contributed by atoms with van der Waals surface area (Å²) >= 11 is 6.20. The Morgan fingerprint density at radius 3 is 2.30 bits per heavy atom. The standard InChI is InChI=1S/C17H21ClN2/c1-17(19,15-9-4-3-5-10-15)13-20(2)12-14-8-6-7-11-16(14)18/h3-11H,12-13,19H2,1-2H3. The number of hydrogen-bond donors (Lipinski definition) is 1. The minimum absolute atomic E-state index is 0.378. The van der Waals surface area contributed by atoms with Crippen molar-refractivity contribution in [3.63, 3.8) is 0 Å². The van der Waals surface area contributed by atoms with Crippen molar-refractivity contribution in [1.29, 1.82) is 0 Å². The van der Waals surface area contributed by atoms with Crippen LogP contribution in [0.4, 0.5) is 0 Å². The highest BCUT2D eigenvalue weighted by Gasteiger charge is 2.23. The monoisotopic (exact) mass is 288 g/mol. The molecule has 0 aliphatic rings. The zero-order chi connectivity index (χ0) is 14.6. The van der Waals surface area contributed by atoms with Gasteiger partial charge < -0.3 is 5.73 Å². The Morgan fingerprint density at radius 2 is 1.65 bits per heavy atom. The van der Waals surface area contributed by atoms with Gasteiger partial charge in [-0.15, -0.1) is 0 Å². The Balaban J connectivity index is 2.04. The minimum Gasteiger partial charge on any atom is -0.321 e. The van der Waals surface area contributed by atoms with E-state index >= 15 is 0 Å². The van der Waals surface area contributed by atoms with Crippen LogP contribution >= 0.6 is 11.6 Å². The van der Waals surface area contributed by atoms with Crippen LogP contribution in [0, 0.1) is 0 Å². The molecule has 0 amide bonds. The van der Waals surface area contributed by atoms with Crippen molar-refractivity contribution in [2.24, 2.45) is 5.73 Å². The SMILES string of the molecule is CN(Cc1ccccc1Cl)CC(C)(N)c1ccccc1. The average molecular weight is 289 g/mol. The Labute approximate surface area is 126 Å². The average Bonchev–Trinajstić information content (AvgIpc) is 2.42. The summed E-state index contributed by atoms with van der Waals surface area (Å²) in [5.74, 6) is 0. The number of nitrogens with two attached hydrogens (primary N) is 1. The smallest absolute Gasteiger partial charge is 0.0509 e. The molecule has 0 saturated heterocycles. The number of rotatable bonds is 5. The lowest BCUT2D eigenvalue weighted by atomic mass is 9.92. The number of likely N-dealkylation sites (N-methyl/N-ethyl adjacent to an activating group) is 1. The quantitative estimate of drug-likeness (QED) is 0.910. The van der Waals surface area contributed by atoms with Gasteiger partial charge in [0.05, 0.1) is 5.54 Å². The van der Waals surface area contributed by atoms with Gasteiger partial charge in [-0.05, 0) is 31.2 Å². The molecule has 2 nitrogen and oxygen atoms in total. The van der Waals surface area contributed by atoms with Crippen molar-refractivity contribution in [2.45, 2.75) is 19.0 Å². The Morgan fingerprint density at radius 1 is 1.05 bits per heavy atom. The Bertz CT molecular complexity index is 552. The molecule has 106 valence electrons. The molecule has 3 heteroatoms. The normalized spacial score (nSPS) is 14.2. The minimum atomic E-state index is -0.378. The van der Waals surface area contributed by atoms with Gasteiger partial charge in [0.2, 0.25) is 0 Å². The van der Waals surface area contributed by atoms with Crippen molar-refractivity contribution in [2.75, 3.05) is 13.6 Å². The third kappa shape index (κ3) is 3.83. The third-order valence-corrected chi connectivity index (χ3v) is 3.80. The van der Waals surface area contributed by atoms with Crippen molar-refractivity contribution in [3.8, 4) is 0 Å². The highest BCUT2D eigenvalue weighted by Crippen LogP contribution is 2.21. The maximum Gasteiger partial charge on any atom is 0.0509 e. The summed E-state index contributed by atoms with van der Waals surface area (Å²) in [4.78, 5) is 2.20. The summed E-state index contributed by atoms with van der Waals surface area (Å²) in [6.07, 6.45) is 0. The van der Waals surface area contributed by atoms with Crippen LogP contribution in [0.15, 0.2) is 54.6 Å². The molecule has 2 aromatic carbocycles. The molecule has 0 spiro atoms. The molecular formula is C17H21ClN2.